The predicted molar refractivity (Wildman–Crippen MR) is 66.6 cm³/mol. The van der Waals surface area contributed by atoms with Gasteiger partial charge in [0.05, 0.1) is 11.6 Å². The minimum Gasteiger partial charge on any atom is -0.381 e. The maximum atomic E-state index is 12.5. The third-order valence-corrected chi connectivity index (χ3v) is 3.62. The molecule has 2 heterocycles. The summed E-state index contributed by atoms with van der Waals surface area (Å²) in [6.45, 7) is 2.16. The molecule has 1 amide bonds. The first-order chi connectivity index (χ1) is 8.68. The molecule has 1 aromatic rings. The van der Waals surface area contributed by atoms with Crippen molar-refractivity contribution >= 4 is 5.91 Å². The van der Waals surface area contributed by atoms with E-state index in [0.717, 1.165) is 5.56 Å². The van der Waals surface area contributed by atoms with Gasteiger partial charge in [0.2, 0.25) is 5.91 Å². The van der Waals surface area contributed by atoms with E-state index in [9.17, 15) is 4.79 Å². The Morgan fingerprint density at radius 2 is 2.33 bits per heavy atom. The zero-order valence-corrected chi connectivity index (χ0v) is 10.7. The lowest BCUT2D eigenvalue weighted by Crippen LogP contribution is -2.49. The summed E-state index contributed by atoms with van der Waals surface area (Å²) in [7, 11) is 1.81. The molecule has 18 heavy (non-hydrogen) atoms. The summed E-state index contributed by atoms with van der Waals surface area (Å²) >= 11 is 0. The summed E-state index contributed by atoms with van der Waals surface area (Å²) in [5.74, 6) is 0.106. The SMILES string of the molecule is CN(Cc1cn[nH]c1)C(=O)C1(CN)CCOCC1. The van der Waals surface area contributed by atoms with Crippen molar-refractivity contribution in [2.75, 3.05) is 26.8 Å². The van der Waals surface area contributed by atoms with Gasteiger partial charge in [-0.2, -0.15) is 5.10 Å². The molecule has 0 bridgehead atoms. The quantitative estimate of drug-likeness (QED) is 0.797. The van der Waals surface area contributed by atoms with Crippen molar-refractivity contribution < 1.29 is 9.53 Å². The number of carbonyl (C=O) groups excluding carboxylic acids is 1. The Morgan fingerprint density at radius 3 is 2.89 bits per heavy atom. The zero-order valence-electron chi connectivity index (χ0n) is 10.7. The average Bonchev–Trinajstić information content (AvgIpc) is 2.91. The van der Waals surface area contributed by atoms with Crippen LogP contribution in [-0.2, 0) is 16.1 Å². The molecule has 1 aliphatic heterocycles. The van der Waals surface area contributed by atoms with Crippen molar-refractivity contribution in [3.8, 4) is 0 Å². The number of hydrogen-bond acceptors (Lipinski definition) is 4. The number of ether oxygens (including phenoxy) is 1. The number of aromatic nitrogens is 2. The number of nitrogens with one attached hydrogen (secondary N) is 1. The van der Waals surface area contributed by atoms with Crippen LogP contribution < -0.4 is 5.73 Å². The minimum atomic E-state index is -0.448. The number of amides is 1. The number of carbonyl (C=O) groups is 1. The van der Waals surface area contributed by atoms with Crippen LogP contribution in [0.4, 0.5) is 0 Å². The second-order valence-corrected chi connectivity index (χ2v) is 4.86. The highest BCUT2D eigenvalue weighted by molar-refractivity contribution is 5.83. The van der Waals surface area contributed by atoms with E-state index in [1.165, 1.54) is 0 Å². The van der Waals surface area contributed by atoms with Crippen LogP contribution in [0.5, 0.6) is 0 Å². The molecule has 0 unspecified atom stereocenters. The van der Waals surface area contributed by atoms with Gasteiger partial charge in [0.1, 0.15) is 0 Å². The number of nitrogens with two attached hydrogens (primary N) is 1. The highest BCUT2D eigenvalue weighted by Gasteiger charge is 2.40. The highest BCUT2D eigenvalue weighted by atomic mass is 16.5. The topological polar surface area (TPSA) is 84.2 Å². The average molecular weight is 252 g/mol. The Hall–Kier alpha value is -1.40. The van der Waals surface area contributed by atoms with E-state index in [2.05, 4.69) is 10.2 Å². The van der Waals surface area contributed by atoms with Gasteiger partial charge in [-0.05, 0) is 12.8 Å². The molecule has 0 atom stereocenters. The predicted octanol–water partition coefficient (Wildman–Crippen LogP) is 0.124. The summed E-state index contributed by atoms with van der Waals surface area (Å²) in [6, 6.07) is 0. The van der Waals surface area contributed by atoms with Gasteiger partial charge in [-0.3, -0.25) is 9.89 Å². The fourth-order valence-corrected chi connectivity index (χ4v) is 2.38. The maximum Gasteiger partial charge on any atom is 0.230 e. The summed E-state index contributed by atoms with van der Waals surface area (Å²) in [6.07, 6.45) is 4.93. The molecule has 1 fully saturated rings. The highest BCUT2D eigenvalue weighted by Crippen LogP contribution is 2.31. The molecule has 6 heteroatoms. The van der Waals surface area contributed by atoms with Crippen LogP contribution in [0.1, 0.15) is 18.4 Å². The van der Waals surface area contributed by atoms with E-state index >= 15 is 0 Å². The van der Waals surface area contributed by atoms with Crippen LogP contribution in [0.3, 0.4) is 0 Å². The lowest BCUT2D eigenvalue weighted by Gasteiger charge is -2.37. The van der Waals surface area contributed by atoms with Crippen molar-refractivity contribution in [2.45, 2.75) is 19.4 Å². The molecule has 1 saturated heterocycles. The molecule has 1 aliphatic rings. The van der Waals surface area contributed by atoms with Crippen LogP contribution in [0.25, 0.3) is 0 Å². The summed E-state index contributed by atoms with van der Waals surface area (Å²) < 4.78 is 5.32. The van der Waals surface area contributed by atoms with Crippen LogP contribution in [-0.4, -0.2) is 47.8 Å². The van der Waals surface area contributed by atoms with Crippen molar-refractivity contribution in [2.24, 2.45) is 11.1 Å². The van der Waals surface area contributed by atoms with E-state index in [0.29, 0.717) is 39.1 Å². The number of nitrogens with zero attached hydrogens (tertiary/aromatic N) is 2. The first-order valence-electron chi connectivity index (χ1n) is 6.19. The van der Waals surface area contributed by atoms with E-state index in [1.807, 2.05) is 7.05 Å². The van der Waals surface area contributed by atoms with Gasteiger partial charge in [0.25, 0.3) is 0 Å². The molecule has 6 nitrogen and oxygen atoms in total. The first-order valence-corrected chi connectivity index (χ1v) is 6.19. The molecule has 100 valence electrons. The van der Waals surface area contributed by atoms with Gasteiger partial charge < -0.3 is 15.4 Å². The van der Waals surface area contributed by atoms with Gasteiger partial charge in [-0.1, -0.05) is 0 Å². The standard InChI is InChI=1S/C12H20N4O2/c1-16(8-10-6-14-15-7-10)11(17)12(9-13)2-4-18-5-3-12/h6-7H,2-5,8-9,13H2,1H3,(H,14,15). The van der Waals surface area contributed by atoms with E-state index in [-0.39, 0.29) is 5.91 Å². The van der Waals surface area contributed by atoms with E-state index in [1.54, 1.807) is 17.3 Å². The molecular formula is C12H20N4O2. The molecule has 0 saturated carbocycles. The number of H-pyrrole nitrogens is 1. The van der Waals surface area contributed by atoms with Crippen molar-refractivity contribution in [1.82, 2.24) is 15.1 Å². The Kier molecular flexibility index (Phi) is 3.98. The smallest absolute Gasteiger partial charge is 0.230 e. The summed E-state index contributed by atoms with van der Waals surface area (Å²) in [4.78, 5) is 14.3. The Bertz CT molecular complexity index is 385. The van der Waals surface area contributed by atoms with E-state index in [4.69, 9.17) is 10.5 Å². The van der Waals surface area contributed by atoms with Gasteiger partial charge in [-0.15, -0.1) is 0 Å². The normalized spacial score (nSPS) is 18.6. The first kappa shape index (κ1) is 13.0. The second-order valence-electron chi connectivity index (χ2n) is 4.86. The van der Waals surface area contributed by atoms with Gasteiger partial charge in [0.15, 0.2) is 0 Å². The third kappa shape index (κ3) is 2.54. The van der Waals surface area contributed by atoms with Crippen molar-refractivity contribution in [3.63, 3.8) is 0 Å². The Labute approximate surface area is 106 Å². The van der Waals surface area contributed by atoms with Crippen LogP contribution in [0, 0.1) is 5.41 Å². The van der Waals surface area contributed by atoms with Crippen molar-refractivity contribution in [1.29, 1.82) is 0 Å². The molecule has 3 N–H and O–H groups in total. The molecule has 1 aromatic heterocycles. The number of hydrogen-bond donors (Lipinski definition) is 2. The molecule has 0 aliphatic carbocycles. The van der Waals surface area contributed by atoms with Crippen LogP contribution >= 0.6 is 0 Å². The second kappa shape index (κ2) is 5.49. The Balaban J connectivity index is 2.04. The number of aromatic amines is 1. The monoisotopic (exact) mass is 252 g/mol. The molecular weight excluding hydrogens is 232 g/mol. The lowest BCUT2D eigenvalue weighted by molar-refractivity contribution is -0.146. The Morgan fingerprint density at radius 1 is 1.61 bits per heavy atom. The van der Waals surface area contributed by atoms with Gasteiger partial charge >= 0.3 is 0 Å². The molecule has 2 rings (SSSR count). The van der Waals surface area contributed by atoms with Crippen LogP contribution in [0.2, 0.25) is 0 Å². The minimum absolute atomic E-state index is 0.106. The largest absolute Gasteiger partial charge is 0.381 e. The third-order valence-electron chi connectivity index (χ3n) is 3.62. The number of rotatable bonds is 4. The van der Waals surface area contributed by atoms with E-state index < -0.39 is 5.41 Å². The van der Waals surface area contributed by atoms with Gasteiger partial charge in [0, 0.05) is 45.1 Å². The van der Waals surface area contributed by atoms with Crippen LogP contribution in [0.15, 0.2) is 12.4 Å². The fraction of sp³-hybridized carbons (Fsp3) is 0.667. The molecule has 0 aromatic carbocycles. The van der Waals surface area contributed by atoms with Gasteiger partial charge in [-0.25, -0.2) is 0 Å². The van der Waals surface area contributed by atoms with Crippen molar-refractivity contribution in [3.05, 3.63) is 18.0 Å². The summed E-state index contributed by atoms with van der Waals surface area (Å²) in [5.41, 5.74) is 6.37. The molecule has 0 radical (unpaired) electrons. The summed E-state index contributed by atoms with van der Waals surface area (Å²) in [5, 5.41) is 6.62. The fourth-order valence-electron chi connectivity index (χ4n) is 2.38. The maximum absolute atomic E-state index is 12.5. The zero-order chi connectivity index (χ0) is 13.0. The molecule has 0 spiro atoms. The lowest BCUT2D eigenvalue weighted by atomic mass is 9.79.